The highest BCUT2D eigenvalue weighted by atomic mass is 19.2. The van der Waals surface area contributed by atoms with Gasteiger partial charge in [0.1, 0.15) is 0 Å². The van der Waals surface area contributed by atoms with Crippen molar-refractivity contribution in [3.05, 3.63) is 65.3 Å². The summed E-state index contributed by atoms with van der Waals surface area (Å²) in [6, 6.07) is 3.43. The molecule has 0 aliphatic heterocycles. The Labute approximate surface area is 206 Å². The molecule has 0 spiro atoms. The van der Waals surface area contributed by atoms with Crippen LogP contribution in [-0.4, -0.2) is 0 Å². The number of hydrogen-bond acceptors (Lipinski definition) is 0. The summed E-state index contributed by atoms with van der Waals surface area (Å²) in [5.41, 5.74) is 1.80. The highest BCUT2D eigenvalue weighted by Gasteiger charge is 2.30. The van der Waals surface area contributed by atoms with Crippen LogP contribution in [0.15, 0.2) is 42.5 Å². The van der Waals surface area contributed by atoms with Crippen LogP contribution >= 0.6 is 0 Å². The molecule has 0 radical (unpaired) electrons. The number of benzene rings is 1. The molecule has 0 N–H and O–H groups in total. The largest absolute Gasteiger partial charge is 0.203 e. The molecule has 1 atom stereocenters. The number of hydrogen-bond donors (Lipinski definition) is 0. The molecule has 1 aromatic rings. The van der Waals surface area contributed by atoms with Crippen LogP contribution in [0.3, 0.4) is 0 Å². The first-order valence-corrected chi connectivity index (χ1v) is 14.0. The lowest BCUT2D eigenvalue weighted by Gasteiger charge is -2.37. The molecule has 0 nitrogen and oxygen atoms in total. The third-order valence-electron chi connectivity index (χ3n) is 8.89. The van der Waals surface area contributed by atoms with Crippen LogP contribution in [0.5, 0.6) is 0 Å². The lowest BCUT2D eigenvalue weighted by molar-refractivity contribution is 0.166. The third-order valence-corrected chi connectivity index (χ3v) is 8.89. The molecule has 186 valence electrons. The van der Waals surface area contributed by atoms with E-state index in [1.54, 1.807) is 19.1 Å². The van der Waals surface area contributed by atoms with Crippen molar-refractivity contribution in [2.45, 2.75) is 97.3 Å². The van der Waals surface area contributed by atoms with Crippen LogP contribution in [0.25, 0.3) is 5.57 Å². The van der Waals surface area contributed by atoms with Gasteiger partial charge in [0.15, 0.2) is 11.6 Å². The summed E-state index contributed by atoms with van der Waals surface area (Å²) in [5, 5.41) is 0. The Bertz CT molecular complexity index is 877. The topological polar surface area (TPSA) is 0 Å². The summed E-state index contributed by atoms with van der Waals surface area (Å²) in [7, 11) is 0. The summed E-state index contributed by atoms with van der Waals surface area (Å²) < 4.78 is 28.3. The fraction of sp³-hybridized carbons (Fsp3) is 0.625. The van der Waals surface area contributed by atoms with Gasteiger partial charge in [0.2, 0.25) is 0 Å². The molecule has 0 bridgehead atoms. The number of rotatable bonds is 7. The molecule has 1 unspecified atom stereocenters. The number of halogens is 2. The smallest absolute Gasteiger partial charge is 0.166 e. The van der Waals surface area contributed by atoms with E-state index in [1.807, 2.05) is 0 Å². The first kappa shape index (κ1) is 25.4. The minimum atomic E-state index is -0.701. The molecule has 2 heteroatoms. The Balaban J connectivity index is 1.20. The van der Waals surface area contributed by atoms with Crippen LogP contribution in [0.2, 0.25) is 0 Å². The predicted molar refractivity (Wildman–Crippen MR) is 140 cm³/mol. The molecule has 0 aromatic heterocycles. The minimum Gasteiger partial charge on any atom is -0.203 e. The molecular weight excluding hydrogens is 422 g/mol. The average molecular weight is 467 g/mol. The van der Waals surface area contributed by atoms with Crippen molar-refractivity contribution < 1.29 is 8.78 Å². The van der Waals surface area contributed by atoms with E-state index in [0.29, 0.717) is 17.0 Å². The lowest BCUT2D eigenvalue weighted by Crippen LogP contribution is -2.25. The molecule has 0 amide bonds. The normalized spacial score (nSPS) is 30.7. The Kier molecular flexibility index (Phi) is 9.20. The van der Waals surface area contributed by atoms with Gasteiger partial charge in [-0.1, -0.05) is 55.9 Å². The summed E-state index contributed by atoms with van der Waals surface area (Å²) in [6.45, 7) is 3.87. The fourth-order valence-electron chi connectivity index (χ4n) is 6.56. The molecule has 0 heterocycles. The van der Waals surface area contributed by atoms with E-state index in [0.717, 1.165) is 48.5 Å². The Morgan fingerprint density at radius 3 is 1.97 bits per heavy atom. The number of unbranched alkanes of at least 4 members (excludes halogenated alkanes) is 1. The maximum atomic E-state index is 14.4. The first-order valence-electron chi connectivity index (χ1n) is 14.0. The third kappa shape index (κ3) is 6.49. The Morgan fingerprint density at radius 1 is 0.765 bits per heavy atom. The van der Waals surface area contributed by atoms with Crippen molar-refractivity contribution in [3.63, 3.8) is 0 Å². The molecule has 34 heavy (non-hydrogen) atoms. The van der Waals surface area contributed by atoms with Crippen LogP contribution in [-0.2, 0) is 0 Å². The van der Waals surface area contributed by atoms with Gasteiger partial charge in [-0.3, -0.25) is 0 Å². The SMILES string of the molecule is CCC/C=C/C1CCC(C2CCC(/C=C/C3CC=C(c4ccc(C)c(F)c4F)CC3)CC2)CC1. The molecule has 3 aliphatic rings. The standard InChI is InChI=1S/C32H44F2/c1-3-4-5-6-24-10-16-27(17-11-24)28-18-12-25(13-19-28)8-9-26-14-20-29(21-15-26)30-22-7-23(2)31(33)32(30)34/h5-9,20,22,24-28H,3-4,10-19,21H2,1-2H3/b6-5+,9-8+. The van der Waals surface area contributed by atoms with E-state index < -0.39 is 11.6 Å². The molecule has 2 saturated carbocycles. The van der Waals surface area contributed by atoms with Crippen molar-refractivity contribution >= 4 is 5.57 Å². The van der Waals surface area contributed by atoms with Crippen LogP contribution < -0.4 is 0 Å². The van der Waals surface area contributed by atoms with Gasteiger partial charge in [-0.15, -0.1) is 0 Å². The zero-order chi connectivity index (χ0) is 23.9. The van der Waals surface area contributed by atoms with Crippen LogP contribution in [0.1, 0.15) is 102 Å². The Hall–Kier alpha value is -1.70. The summed E-state index contributed by atoms with van der Waals surface area (Å²) in [5.74, 6) is 2.65. The van der Waals surface area contributed by atoms with Crippen molar-refractivity contribution in [1.82, 2.24) is 0 Å². The molecular formula is C32H44F2. The van der Waals surface area contributed by atoms with Gasteiger partial charge in [-0.25, -0.2) is 8.78 Å². The van der Waals surface area contributed by atoms with Crippen molar-refractivity contribution in [1.29, 1.82) is 0 Å². The number of allylic oxidation sites excluding steroid dienone is 6. The van der Waals surface area contributed by atoms with Gasteiger partial charge in [-0.2, -0.15) is 0 Å². The van der Waals surface area contributed by atoms with E-state index in [-0.39, 0.29) is 0 Å². The highest BCUT2D eigenvalue weighted by molar-refractivity contribution is 5.67. The zero-order valence-electron chi connectivity index (χ0n) is 21.4. The second-order valence-corrected chi connectivity index (χ2v) is 11.3. The van der Waals surface area contributed by atoms with E-state index >= 15 is 0 Å². The lowest BCUT2D eigenvalue weighted by atomic mass is 9.69. The fourth-order valence-corrected chi connectivity index (χ4v) is 6.56. The van der Waals surface area contributed by atoms with Crippen LogP contribution in [0.4, 0.5) is 8.78 Å². The predicted octanol–water partition coefficient (Wildman–Crippen LogP) is 9.98. The van der Waals surface area contributed by atoms with Crippen LogP contribution in [0, 0.1) is 48.1 Å². The molecule has 2 fully saturated rings. The van der Waals surface area contributed by atoms with Gasteiger partial charge in [0.05, 0.1) is 0 Å². The van der Waals surface area contributed by atoms with Gasteiger partial charge in [0.25, 0.3) is 0 Å². The Morgan fingerprint density at radius 2 is 1.38 bits per heavy atom. The summed E-state index contributed by atoms with van der Waals surface area (Å²) in [6.07, 6.45) is 28.4. The quantitative estimate of drug-likeness (QED) is 0.351. The highest BCUT2D eigenvalue weighted by Crippen LogP contribution is 2.42. The summed E-state index contributed by atoms with van der Waals surface area (Å²) >= 11 is 0. The summed E-state index contributed by atoms with van der Waals surface area (Å²) in [4.78, 5) is 0. The van der Waals surface area contributed by atoms with Crippen molar-refractivity contribution in [2.24, 2.45) is 29.6 Å². The van der Waals surface area contributed by atoms with Crippen molar-refractivity contribution in [3.8, 4) is 0 Å². The van der Waals surface area contributed by atoms with E-state index in [9.17, 15) is 8.78 Å². The monoisotopic (exact) mass is 466 g/mol. The van der Waals surface area contributed by atoms with Gasteiger partial charge < -0.3 is 0 Å². The molecule has 0 saturated heterocycles. The molecule has 4 rings (SSSR count). The van der Waals surface area contributed by atoms with Gasteiger partial charge in [-0.05, 0) is 125 Å². The van der Waals surface area contributed by atoms with E-state index in [4.69, 9.17) is 0 Å². The van der Waals surface area contributed by atoms with Gasteiger partial charge in [0, 0.05) is 5.56 Å². The average Bonchev–Trinajstić information content (AvgIpc) is 2.88. The second-order valence-electron chi connectivity index (χ2n) is 11.3. The van der Waals surface area contributed by atoms with Crippen molar-refractivity contribution in [2.75, 3.05) is 0 Å². The van der Waals surface area contributed by atoms with Gasteiger partial charge >= 0.3 is 0 Å². The molecule has 3 aliphatic carbocycles. The number of aryl methyl sites for hydroxylation is 1. The maximum absolute atomic E-state index is 14.4. The maximum Gasteiger partial charge on any atom is 0.166 e. The first-order chi connectivity index (χ1) is 16.5. The minimum absolute atomic E-state index is 0.375. The molecule has 1 aromatic carbocycles. The zero-order valence-corrected chi connectivity index (χ0v) is 21.4. The van der Waals surface area contributed by atoms with E-state index in [2.05, 4.69) is 37.3 Å². The van der Waals surface area contributed by atoms with E-state index in [1.165, 1.54) is 64.2 Å². The second kappa shape index (κ2) is 12.3.